The zero-order valence-electron chi connectivity index (χ0n) is 14.5. The number of hydrogen-bond donors (Lipinski definition) is 1. The molecule has 2 amide bonds. The van der Waals surface area contributed by atoms with E-state index in [1.165, 1.54) is 5.56 Å². The van der Waals surface area contributed by atoms with Crippen LogP contribution in [-0.2, 0) is 6.54 Å². The minimum absolute atomic E-state index is 0.00182. The van der Waals surface area contributed by atoms with Gasteiger partial charge in [-0.05, 0) is 30.2 Å². The molecule has 5 heteroatoms. The molecule has 1 fully saturated rings. The molecule has 1 aliphatic rings. The van der Waals surface area contributed by atoms with Crippen molar-refractivity contribution in [2.45, 2.75) is 19.5 Å². The molecule has 1 atom stereocenters. The van der Waals surface area contributed by atoms with Gasteiger partial charge in [0, 0.05) is 43.8 Å². The molecule has 0 radical (unpaired) electrons. The molecule has 0 aromatic heterocycles. The molecule has 1 unspecified atom stereocenters. The summed E-state index contributed by atoms with van der Waals surface area (Å²) in [5.74, 6) is 0. The number of halogens is 1. The topological polar surface area (TPSA) is 35.6 Å². The molecule has 1 heterocycles. The van der Waals surface area contributed by atoms with Gasteiger partial charge in [-0.2, -0.15) is 0 Å². The first kappa shape index (κ1) is 17.8. The molecule has 1 N–H and O–H groups in total. The van der Waals surface area contributed by atoms with E-state index in [1.54, 1.807) is 0 Å². The fourth-order valence-corrected chi connectivity index (χ4v) is 3.27. The summed E-state index contributed by atoms with van der Waals surface area (Å²) < 4.78 is 0. The van der Waals surface area contributed by atoms with Crippen LogP contribution in [-0.4, -0.2) is 42.0 Å². The molecule has 1 aliphatic heterocycles. The Morgan fingerprint density at radius 3 is 2.32 bits per heavy atom. The normalized spacial score (nSPS) is 16.5. The molecule has 2 aromatic rings. The van der Waals surface area contributed by atoms with Crippen LogP contribution in [0, 0.1) is 0 Å². The van der Waals surface area contributed by atoms with Gasteiger partial charge in [0.1, 0.15) is 0 Å². The van der Waals surface area contributed by atoms with Gasteiger partial charge in [-0.25, -0.2) is 4.79 Å². The summed E-state index contributed by atoms with van der Waals surface area (Å²) in [4.78, 5) is 16.7. The van der Waals surface area contributed by atoms with Crippen molar-refractivity contribution in [1.82, 2.24) is 15.1 Å². The van der Waals surface area contributed by atoms with Crippen LogP contribution < -0.4 is 5.32 Å². The van der Waals surface area contributed by atoms with E-state index in [9.17, 15) is 4.79 Å². The Balaban J connectivity index is 1.46. The number of nitrogens with one attached hydrogen (secondary N) is 1. The molecule has 4 nitrogen and oxygen atoms in total. The first-order chi connectivity index (χ1) is 12.1. The van der Waals surface area contributed by atoms with E-state index in [0.717, 1.165) is 31.7 Å². The molecule has 1 saturated heterocycles. The Morgan fingerprint density at radius 2 is 1.68 bits per heavy atom. The van der Waals surface area contributed by atoms with Crippen molar-refractivity contribution in [2.75, 3.05) is 26.2 Å². The Labute approximate surface area is 154 Å². The van der Waals surface area contributed by atoms with Crippen molar-refractivity contribution in [3.05, 3.63) is 70.7 Å². The summed E-state index contributed by atoms with van der Waals surface area (Å²) in [5.41, 5.74) is 2.37. The third-order valence-corrected chi connectivity index (χ3v) is 5.04. The molecule has 0 bridgehead atoms. The van der Waals surface area contributed by atoms with Gasteiger partial charge in [-0.1, -0.05) is 54.1 Å². The first-order valence-electron chi connectivity index (χ1n) is 8.70. The zero-order valence-corrected chi connectivity index (χ0v) is 15.2. The van der Waals surface area contributed by atoms with Crippen LogP contribution in [0.5, 0.6) is 0 Å². The van der Waals surface area contributed by atoms with Crippen molar-refractivity contribution in [3.8, 4) is 0 Å². The third kappa shape index (κ3) is 4.74. The first-order valence-corrected chi connectivity index (χ1v) is 9.07. The van der Waals surface area contributed by atoms with Crippen LogP contribution in [0.1, 0.15) is 24.1 Å². The Bertz CT molecular complexity index is 682. The number of benzene rings is 2. The SMILES string of the molecule is CC(c1ccccc1)N1CCN(C(=O)NCc2ccc(Cl)cc2)CC1. The van der Waals surface area contributed by atoms with Gasteiger partial charge in [0.25, 0.3) is 0 Å². The molecule has 25 heavy (non-hydrogen) atoms. The number of nitrogens with zero attached hydrogens (tertiary/aromatic N) is 2. The van der Waals surface area contributed by atoms with E-state index in [4.69, 9.17) is 11.6 Å². The smallest absolute Gasteiger partial charge is 0.317 e. The summed E-state index contributed by atoms with van der Waals surface area (Å²) >= 11 is 5.88. The van der Waals surface area contributed by atoms with Crippen LogP contribution in [0.3, 0.4) is 0 Å². The number of urea groups is 1. The van der Waals surface area contributed by atoms with E-state index < -0.39 is 0 Å². The maximum atomic E-state index is 12.4. The Kier molecular flexibility index (Phi) is 5.95. The maximum absolute atomic E-state index is 12.4. The fourth-order valence-electron chi connectivity index (χ4n) is 3.15. The molecule has 0 spiro atoms. The predicted molar refractivity (Wildman–Crippen MR) is 102 cm³/mol. The number of hydrogen-bond acceptors (Lipinski definition) is 2. The van der Waals surface area contributed by atoms with E-state index in [0.29, 0.717) is 17.6 Å². The highest BCUT2D eigenvalue weighted by molar-refractivity contribution is 6.30. The molecule has 2 aromatic carbocycles. The highest BCUT2D eigenvalue weighted by atomic mass is 35.5. The molecule has 132 valence electrons. The van der Waals surface area contributed by atoms with Gasteiger partial charge in [-0.15, -0.1) is 0 Å². The second-order valence-electron chi connectivity index (χ2n) is 6.39. The monoisotopic (exact) mass is 357 g/mol. The van der Waals surface area contributed by atoms with Crippen molar-refractivity contribution in [2.24, 2.45) is 0 Å². The van der Waals surface area contributed by atoms with Gasteiger partial charge >= 0.3 is 6.03 Å². The lowest BCUT2D eigenvalue weighted by Gasteiger charge is -2.38. The van der Waals surface area contributed by atoms with Crippen molar-refractivity contribution in [1.29, 1.82) is 0 Å². The molecular weight excluding hydrogens is 334 g/mol. The lowest BCUT2D eigenvalue weighted by molar-refractivity contribution is 0.114. The van der Waals surface area contributed by atoms with Gasteiger partial charge in [-0.3, -0.25) is 4.90 Å². The molecule has 0 saturated carbocycles. The Morgan fingerprint density at radius 1 is 1.04 bits per heavy atom. The summed E-state index contributed by atoms with van der Waals surface area (Å²) in [7, 11) is 0. The molecule has 0 aliphatic carbocycles. The average Bonchev–Trinajstić information content (AvgIpc) is 2.67. The van der Waals surface area contributed by atoms with E-state index >= 15 is 0 Å². The molecular formula is C20H24ClN3O. The maximum Gasteiger partial charge on any atom is 0.317 e. The van der Waals surface area contributed by atoms with Crippen LogP contribution in [0.4, 0.5) is 4.79 Å². The van der Waals surface area contributed by atoms with E-state index in [1.807, 2.05) is 35.2 Å². The van der Waals surface area contributed by atoms with Crippen LogP contribution >= 0.6 is 11.6 Å². The average molecular weight is 358 g/mol. The quantitative estimate of drug-likeness (QED) is 0.899. The number of amides is 2. The Hall–Kier alpha value is -2.04. The van der Waals surface area contributed by atoms with Crippen LogP contribution in [0.25, 0.3) is 0 Å². The van der Waals surface area contributed by atoms with Gasteiger partial charge in [0.05, 0.1) is 0 Å². The highest BCUT2D eigenvalue weighted by Gasteiger charge is 2.24. The van der Waals surface area contributed by atoms with Gasteiger partial charge in [0.2, 0.25) is 0 Å². The fraction of sp³-hybridized carbons (Fsp3) is 0.350. The van der Waals surface area contributed by atoms with Crippen molar-refractivity contribution < 1.29 is 4.79 Å². The summed E-state index contributed by atoms with van der Waals surface area (Å²) in [6.07, 6.45) is 0. The van der Waals surface area contributed by atoms with Gasteiger partial charge in [0.15, 0.2) is 0 Å². The predicted octanol–water partition coefficient (Wildman–Crippen LogP) is 3.93. The summed E-state index contributed by atoms with van der Waals surface area (Å²) in [5, 5.41) is 3.70. The number of carbonyl (C=O) groups excluding carboxylic acids is 1. The summed E-state index contributed by atoms with van der Waals surface area (Å²) in [6, 6.07) is 18.4. The highest BCUT2D eigenvalue weighted by Crippen LogP contribution is 2.21. The van der Waals surface area contributed by atoms with Crippen LogP contribution in [0.2, 0.25) is 5.02 Å². The lowest BCUT2D eigenvalue weighted by Crippen LogP contribution is -2.52. The van der Waals surface area contributed by atoms with E-state index in [2.05, 4.69) is 41.4 Å². The summed E-state index contributed by atoms with van der Waals surface area (Å²) in [6.45, 7) is 6.05. The van der Waals surface area contributed by atoms with Crippen molar-refractivity contribution >= 4 is 17.6 Å². The largest absolute Gasteiger partial charge is 0.334 e. The second-order valence-corrected chi connectivity index (χ2v) is 6.83. The minimum atomic E-state index is 0.00182. The lowest BCUT2D eigenvalue weighted by atomic mass is 10.1. The minimum Gasteiger partial charge on any atom is -0.334 e. The molecule has 3 rings (SSSR count). The number of rotatable bonds is 4. The zero-order chi connectivity index (χ0) is 17.6. The van der Waals surface area contributed by atoms with Gasteiger partial charge < -0.3 is 10.2 Å². The van der Waals surface area contributed by atoms with E-state index in [-0.39, 0.29) is 6.03 Å². The number of piperazine rings is 1. The third-order valence-electron chi connectivity index (χ3n) is 4.79. The van der Waals surface area contributed by atoms with Crippen molar-refractivity contribution in [3.63, 3.8) is 0 Å². The standard InChI is InChI=1S/C20H24ClN3O/c1-16(18-5-3-2-4-6-18)23-11-13-24(14-12-23)20(25)22-15-17-7-9-19(21)10-8-17/h2-10,16H,11-15H2,1H3,(H,22,25). The number of carbonyl (C=O) groups is 1. The van der Waals surface area contributed by atoms with Crippen LogP contribution in [0.15, 0.2) is 54.6 Å². The second kappa shape index (κ2) is 8.37.